The maximum absolute atomic E-state index is 12.5. The van der Waals surface area contributed by atoms with Crippen LogP contribution in [0.5, 0.6) is 0 Å². The molecule has 1 aromatic rings. The van der Waals surface area contributed by atoms with Crippen molar-refractivity contribution in [2.45, 2.75) is 30.7 Å². The molecule has 0 heterocycles. The van der Waals surface area contributed by atoms with E-state index in [1.165, 1.54) is 19.2 Å². The molecule has 0 bridgehead atoms. The van der Waals surface area contributed by atoms with Gasteiger partial charge in [-0.15, -0.1) is 0 Å². The summed E-state index contributed by atoms with van der Waals surface area (Å²) in [5.74, 6) is 0. The number of methoxy groups -OCH3 is 1. The molecule has 0 saturated heterocycles. The Labute approximate surface area is 135 Å². The number of sulfonamides is 1. The maximum Gasteiger partial charge on any atom is 0.242 e. The summed E-state index contributed by atoms with van der Waals surface area (Å²) in [4.78, 5) is 0.0804. The molecule has 0 radical (unpaired) electrons. The Morgan fingerprint density at radius 2 is 2.19 bits per heavy atom. The second-order valence-corrected chi connectivity index (χ2v) is 7.10. The van der Waals surface area contributed by atoms with E-state index < -0.39 is 10.0 Å². The van der Waals surface area contributed by atoms with Gasteiger partial charge in [-0.1, -0.05) is 43.2 Å². The van der Waals surface area contributed by atoms with Crippen LogP contribution in [0.4, 0.5) is 0 Å². The van der Waals surface area contributed by atoms with Crippen LogP contribution in [0.15, 0.2) is 23.1 Å². The molecular weight excluding hydrogens is 332 g/mol. The summed E-state index contributed by atoms with van der Waals surface area (Å²) in [6.07, 6.45) is 1.50. The fourth-order valence-corrected chi connectivity index (χ4v) is 3.78. The Kier molecular flexibility index (Phi) is 7.02. The number of nitrogens with one attached hydrogen (secondary N) is 1. The summed E-state index contributed by atoms with van der Waals surface area (Å²) in [7, 11) is -2.24. The van der Waals surface area contributed by atoms with Crippen LogP contribution in [0.3, 0.4) is 0 Å². The smallest absolute Gasteiger partial charge is 0.242 e. The molecule has 1 aromatic carbocycles. The molecule has 0 amide bonds. The van der Waals surface area contributed by atoms with E-state index in [0.717, 1.165) is 6.42 Å². The number of hydrogen-bond donors (Lipinski definition) is 2. The number of thiocarbonyl (C=S) groups is 1. The molecule has 0 aliphatic heterocycles. The van der Waals surface area contributed by atoms with E-state index in [0.29, 0.717) is 18.6 Å². The third-order valence-corrected chi connectivity index (χ3v) is 5.07. The lowest BCUT2D eigenvalue weighted by Crippen LogP contribution is -2.38. The van der Waals surface area contributed by atoms with Gasteiger partial charge in [0.15, 0.2) is 0 Å². The molecule has 1 atom stereocenters. The molecule has 8 heteroatoms. The molecule has 3 N–H and O–H groups in total. The van der Waals surface area contributed by atoms with Gasteiger partial charge in [-0.2, -0.15) is 0 Å². The topological polar surface area (TPSA) is 81.4 Å². The molecule has 0 spiro atoms. The van der Waals surface area contributed by atoms with Gasteiger partial charge in [0, 0.05) is 18.7 Å². The molecule has 0 fully saturated rings. The van der Waals surface area contributed by atoms with Gasteiger partial charge >= 0.3 is 0 Å². The van der Waals surface area contributed by atoms with Crippen molar-refractivity contribution in [2.75, 3.05) is 13.7 Å². The van der Waals surface area contributed by atoms with E-state index in [-0.39, 0.29) is 20.9 Å². The van der Waals surface area contributed by atoms with E-state index in [9.17, 15) is 8.42 Å². The van der Waals surface area contributed by atoms with E-state index in [4.69, 9.17) is 34.3 Å². The second kappa shape index (κ2) is 8.05. The van der Waals surface area contributed by atoms with E-state index in [1.54, 1.807) is 6.07 Å². The van der Waals surface area contributed by atoms with Crippen LogP contribution in [0.1, 0.15) is 25.3 Å². The lowest BCUT2D eigenvalue weighted by Gasteiger charge is -2.18. The summed E-state index contributed by atoms with van der Waals surface area (Å²) in [6, 6.07) is 4.12. The number of rotatable bonds is 8. The first-order chi connectivity index (χ1) is 9.81. The number of benzene rings is 1. The minimum Gasteiger partial charge on any atom is -0.389 e. The number of nitrogens with two attached hydrogens (primary N) is 1. The standard InChI is InChI=1S/C13H19ClN2O3S2/c1-3-4-10(8-19-2)16-21(17,18)12-7-9(13(15)20)5-6-11(12)14/h5-7,10,16H,3-4,8H2,1-2H3,(H2,15,20). The SMILES string of the molecule is CCCC(COC)NS(=O)(=O)c1cc(C(N)=S)ccc1Cl. The molecular formula is C13H19ClN2O3S2. The fraction of sp³-hybridized carbons (Fsp3) is 0.462. The van der Waals surface area contributed by atoms with Crippen LogP contribution in [-0.2, 0) is 14.8 Å². The quantitative estimate of drug-likeness (QED) is 0.701. The minimum absolute atomic E-state index is 0.0355. The van der Waals surface area contributed by atoms with Crippen molar-refractivity contribution in [2.24, 2.45) is 5.73 Å². The van der Waals surface area contributed by atoms with Crippen LogP contribution in [0, 0.1) is 0 Å². The Morgan fingerprint density at radius 1 is 1.52 bits per heavy atom. The number of halogens is 1. The molecule has 0 aliphatic rings. The van der Waals surface area contributed by atoms with Crippen LogP contribution in [0.25, 0.3) is 0 Å². The van der Waals surface area contributed by atoms with Crippen molar-refractivity contribution in [1.82, 2.24) is 4.72 Å². The predicted molar refractivity (Wildman–Crippen MR) is 88.2 cm³/mol. The highest BCUT2D eigenvalue weighted by molar-refractivity contribution is 7.89. The van der Waals surface area contributed by atoms with E-state index >= 15 is 0 Å². The fourth-order valence-electron chi connectivity index (χ4n) is 1.87. The van der Waals surface area contributed by atoms with Crippen LogP contribution < -0.4 is 10.5 Å². The van der Waals surface area contributed by atoms with Crippen molar-refractivity contribution in [3.8, 4) is 0 Å². The lowest BCUT2D eigenvalue weighted by atomic mass is 10.2. The zero-order chi connectivity index (χ0) is 16.0. The molecule has 1 unspecified atom stereocenters. The third kappa shape index (κ3) is 5.19. The van der Waals surface area contributed by atoms with Crippen molar-refractivity contribution < 1.29 is 13.2 Å². The van der Waals surface area contributed by atoms with Gasteiger partial charge in [0.05, 0.1) is 11.6 Å². The average molecular weight is 351 g/mol. The van der Waals surface area contributed by atoms with Crippen molar-refractivity contribution in [3.05, 3.63) is 28.8 Å². The second-order valence-electron chi connectivity index (χ2n) is 4.57. The highest BCUT2D eigenvalue weighted by Crippen LogP contribution is 2.23. The lowest BCUT2D eigenvalue weighted by molar-refractivity contribution is 0.171. The van der Waals surface area contributed by atoms with Crippen LogP contribution in [0.2, 0.25) is 5.02 Å². The largest absolute Gasteiger partial charge is 0.389 e. The highest BCUT2D eigenvalue weighted by Gasteiger charge is 2.23. The molecule has 21 heavy (non-hydrogen) atoms. The minimum atomic E-state index is -3.77. The van der Waals surface area contributed by atoms with Gasteiger partial charge < -0.3 is 10.5 Å². The maximum atomic E-state index is 12.5. The van der Waals surface area contributed by atoms with Crippen molar-refractivity contribution in [1.29, 1.82) is 0 Å². The van der Waals surface area contributed by atoms with Crippen molar-refractivity contribution in [3.63, 3.8) is 0 Å². The van der Waals surface area contributed by atoms with E-state index in [1.807, 2.05) is 6.92 Å². The molecule has 0 aliphatic carbocycles. The summed E-state index contributed by atoms with van der Waals surface area (Å²) >= 11 is 10.8. The Balaban J connectivity index is 3.11. The normalized spacial score (nSPS) is 13.1. The molecule has 0 saturated carbocycles. The summed E-state index contributed by atoms with van der Waals surface area (Å²) < 4.78 is 32.5. The zero-order valence-electron chi connectivity index (χ0n) is 11.9. The van der Waals surface area contributed by atoms with Gasteiger partial charge in [0.25, 0.3) is 0 Å². The van der Waals surface area contributed by atoms with Gasteiger partial charge in [0.2, 0.25) is 10.0 Å². The van der Waals surface area contributed by atoms with Gasteiger partial charge in [-0.25, -0.2) is 13.1 Å². The Hall–Kier alpha value is -0.730. The first kappa shape index (κ1) is 18.3. The zero-order valence-corrected chi connectivity index (χ0v) is 14.3. The highest BCUT2D eigenvalue weighted by atomic mass is 35.5. The average Bonchev–Trinajstić information content (AvgIpc) is 2.38. The third-order valence-electron chi connectivity index (χ3n) is 2.83. The summed E-state index contributed by atoms with van der Waals surface area (Å²) in [6.45, 7) is 2.26. The molecule has 5 nitrogen and oxygen atoms in total. The van der Waals surface area contributed by atoms with Gasteiger partial charge in [-0.05, 0) is 18.6 Å². The van der Waals surface area contributed by atoms with Crippen molar-refractivity contribution >= 4 is 38.8 Å². The first-order valence-corrected chi connectivity index (χ1v) is 8.69. The number of hydrogen-bond acceptors (Lipinski definition) is 4. The van der Waals surface area contributed by atoms with E-state index in [2.05, 4.69) is 4.72 Å². The summed E-state index contributed by atoms with van der Waals surface area (Å²) in [5.41, 5.74) is 5.98. The Morgan fingerprint density at radius 3 is 2.71 bits per heavy atom. The monoisotopic (exact) mass is 350 g/mol. The first-order valence-electron chi connectivity index (χ1n) is 6.42. The summed E-state index contributed by atoms with van der Waals surface area (Å²) in [5, 5.41) is 0.121. The Bertz CT molecular complexity index is 599. The molecule has 1 rings (SSSR count). The van der Waals surface area contributed by atoms with Crippen LogP contribution >= 0.6 is 23.8 Å². The predicted octanol–water partition coefficient (Wildman–Crippen LogP) is 2.07. The van der Waals surface area contributed by atoms with Gasteiger partial charge in [0.1, 0.15) is 9.88 Å². The molecule has 118 valence electrons. The van der Waals surface area contributed by atoms with Gasteiger partial charge in [-0.3, -0.25) is 0 Å². The number of ether oxygens (including phenoxy) is 1. The van der Waals surface area contributed by atoms with Crippen LogP contribution in [-0.4, -0.2) is 33.2 Å². The molecule has 0 aromatic heterocycles.